The van der Waals surface area contributed by atoms with Crippen LogP contribution >= 0.6 is 11.8 Å². The Morgan fingerprint density at radius 3 is 2.55 bits per heavy atom. The molecular formula is C14H12FNO3S. The first-order valence-corrected chi connectivity index (χ1v) is 6.70. The molecule has 0 aliphatic heterocycles. The van der Waals surface area contributed by atoms with Crippen LogP contribution in [0.5, 0.6) is 11.5 Å². The van der Waals surface area contributed by atoms with Gasteiger partial charge in [-0.1, -0.05) is 0 Å². The number of halogens is 1. The number of carbonyl (C=O) groups is 1. The van der Waals surface area contributed by atoms with Crippen molar-refractivity contribution in [2.45, 2.75) is 4.90 Å². The highest BCUT2D eigenvalue weighted by atomic mass is 32.2. The van der Waals surface area contributed by atoms with Crippen LogP contribution in [0.2, 0.25) is 0 Å². The van der Waals surface area contributed by atoms with E-state index in [9.17, 15) is 9.18 Å². The molecule has 3 N–H and O–H groups in total. The van der Waals surface area contributed by atoms with Gasteiger partial charge in [0, 0.05) is 16.6 Å². The van der Waals surface area contributed by atoms with E-state index in [2.05, 4.69) is 0 Å². The van der Waals surface area contributed by atoms with Crippen molar-refractivity contribution in [2.24, 2.45) is 0 Å². The van der Waals surface area contributed by atoms with Crippen LogP contribution in [-0.2, 0) is 4.79 Å². The minimum absolute atomic E-state index is 0.00715. The first-order chi connectivity index (χ1) is 9.54. The van der Waals surface area contributed by atoms with Gasteiger partial charge in [0.15, 0.2) is 11.6 Å². The Kier molecular flexibility index (Phi) is 4.47. The Morgan fingerprint density at radius 1 is 1.25 bits per heavy atom. The fourth-order valence-electron chi connectivity index (χ4n) is 1.48. The largest absolute Gasteiger partial charge is 0.481 e. The van der Waals surface area contributed by atoms with Gasteiger partial charge >= 0.3 is 5.97 Å². The van der Waals surface area contributed by atoms with E-state index < -0.39 is 11.8 Å². The van der Waals surface area contributed by atoms with Crippen molar-refractivity contribution in [3.63, 3.8) is 0 Å². The number of ether oxygens (including phenoxy) is 1. The first-order valence-electron chi connectivity index (χ1n) is 5.72. The number of benzene rings is 2. The van der Waals surface area contributed by atoms with Gasteiger partial charge in [0.05, 0.1) is 5.75 Å². The van der Waals surface area contributed by atoms with Crippen molar-refractivity contribution < 1.29 is 19.0 Å². The minimum atomic E-state index is -0.876. The van der Waals surface area contributed by atoms with E-state index in [1.54, 1.807) is 30.3 Å². The maximum atomic E-state index is 13.6. The zero-order valence-electron chi connectivity index (χ0n) is 10.4. The van der Waals surface area contributed by atoms with Gasteiger partial charge in [0.25, 0.3) is 0 Å². The molecule has 0 saturated carbocycles. The summed E-state index contributed by atoms with van der Waals surface area (Å²) in [6.07, 6.45) is 0. The molecule has 0 fully saturated rings. The molecule has 0 saturated heterocycles. The van der Waals surface area contributed by atoms with E-state index >= 15 is 0 Å². The lowest BCUT2D eigenvalue weighted by Gasteiger charge is -2.08. The molecule has 0 aromatic heterocycles. The van der Waals surface area contributed by atoms with Crippen molar-refractivity contribution in [3.05, 3.63) is 48.3 Å². The molecule has 2 aromatic carbocycles. The standard InChI is InChI=1S/C14H12FNO3S/c15-12-7-9(16)1-6-13(12)19-10-2-4-11(5-3-10)20-8-14(17)18/h1-7H,8,16H2,(H,17,18). The second kappa shape index (κ2) is 6.29. The van der Waals surface area contributed by atoms with E-state index in [1.807, 2.05) is 0 Å². The van der Waals surface area contributed by atoms with Gasteiger partial charge in [-0.25, -0.2) is 4.39 Å². The second-order valence-electron chi connectivity index (χ2n) is 3.95. The van der Waals surface area contributed by atoms with Crippen LogP contribution in [-0.4, -0.2) is 16.8 Å². The normalized spacial score (nSPS) is 10.2. The number of nitrogen functional groups attached to an aromatic ring is 1. The molecule has 0 bridgehead atoms. The van der Waals surface area contributed by atoms with Gasteiger partial charge in [-0.15, -0.1) is 11.8 Å². The Labute approximate surface area is 119 Å². The van der Waals surface area contributed by atoms with Crippen LogP contribution in [0, 0.1) is 5.82 Å². The van der Waals surface area contributed by atoms with Crippen molar-refractivity contribution in [2.75, 3.05) is 11.5 Å². The Hall–Kier alpha value is -2.21. The number of carboxylic acids is 1. The monoisotopic (exact) mass is 293 g/mol. The van der Waals surface area contributed by atoms with Gasteiger partial charge in [-0.2, -0.15) is 0 Å². The van der Waals surface area contributed by atoms with Gasteiger partial charge in [0.1, 0.15) is 5.75 Å². The fourth-order valence-corrected chi connectivity index (χ4v) is 2.09. The highest BCUT2D eigenvalue weighted by Crippen LogP contribution is 2.27. The van der Waals surface area contributed by atoms with E-state index in [0.29, 0.717) is 11.4 Å². The van der Waals surface area contributed by atoms with Crippen LogP contribution in [0.3, 0.4) is 0 Å². The van der Waals surface area contributed by atoms with Crippen LogP contribution < -0.4 is 10.5 Å². The Bertz CT molecular complexity index is 616. The summed E-state index contributed by atoms with van der Waals surface area (Å²) in [5.74, 6) is -0.862. The van der Waals surface area contributed by atoms with E-state index in [1.165, 1.54) is 23.9 Å². The first kappa shape index (κ1) is 14.2. The smallest absolute Gasteiger partial charge is 0.313 e. The summed E-state index contributed by atoms with van der Waals surface area (Å²) < 4.78 is 18.9. The van der Waals surface area contributed by atoms with Gasteiger partial charge in [-0.3, -0.25) is 4.79 Å². The predicted octanol–water partition coefficient (Wildman–Crippen LogP) is 3.38. The molecule has 0 radical (unpaired) electrons. The molecule has 0 aliphatic carbocycles. The SMILES string of the molecule is Nc1ccc(Oc2ccc(SCC(=O)O)cc2)c(F)c1. The average molecular weight is 293 g/mol. The number of thioether (sulfide) groups is 1. The van der Waals surface area contributed by atoms with Crippen LogP contribution in [0.25, 0.3) is 0 Å². The molecule has 0 heterocycles. The second-order valence-corrected chi connectivity index (χ2v) is 4.99. The summed E-state index contributed by atoms with van der Waals surface area (Å²) in [7, 11) is 0. The van der Waals surface area contributed by atoms with E-state index in [-0.39, 0.29) is 11.5 Å². The van der Waals surface area contributed by atoms with Crippen LogP contribution in [0.4, 0.5) is 10.1 Å². The zero-order chi connectivity index (χ0) is 14.5. The van der Waals surface area contributed by atoms with Crippen molar-refractivity contribution in [1.29, 1.82) is 0 Å². The lowest BCUT2D eigenvalue weighted by atomic mass is 10.3. The predicted molar refractivity (Wildman–Crippen MR) is 75.7 cm³/mol. The molecule has 0 atom stereocenters. The molecule has 20 heavy (non-hydrogen) atoms. The maximum absolute atomic E-state index is 13.6. The number of rotatable bonds is 5. The number of carboxylic acid groups (broad SMARTS) is 1. The molecule has 6 heteroatoms. The topological polar surface area (TPSA) is 72.5 Å². The van der Waals surface area contributed by atoms with Crippen molar-refractivity contribution in [1.82, 2.24) is 0 Å². The average Bonchev–Trinajstić information content (AvgIpc) is 2.41. The summed E-state index contributed by atoms with van der Waals surface area (Å²) in [4.78, 5) is 11.3. The third kappa shape index (κ3) is 3.89. The summed E-state index contributed by atoms with van der Waals surface area (Å²) >= 11 is 1.20. The zero-order valence-corrected chi connectivity index (χ0v) is 11.2. The number of hydrogen-bond donors (Lipinski definition) is 2. The summed E-state index contributed by atoms with van der Waals surface area (Å²) in [6.45, 7) is 0. The molecule has 2 aromatic rings. The van der Waals surface area contributed by atoms with Crippen molar-refractivity contribution >= 4 is 23.4 Å². The summed E-state index contributed by atoms with van der Waals surface area (Å²) in [6, 6.07) is 10.9. The third-order valence-corrected chi connectivity index (χ3v) is 3.37. The minimum Gasteiger partial charge on any atom is -0.481 e. The van der Waals surface area contributed by atoms with E-state index in [4.69, 9.17) is 15.6 Å². The molecule has 0 spiro atoms. The van der Waals surface area contributed by atoms with Crippen LogP contribution in [0.1, 0.15) is 0 Å². The molecule has 0 amide bonds. The van der Waals surface area contributed by atoms with Gasteiger partial charge < -0.3 is 15.6 Å². The number of hydrogen-bond acceptors (Lipinski definition) is 4. The lowest BCUT2D eigenvalue weighted by Crippen LogP contribution is -1.97. The van der Waals surface area contributed by atoms with E-state index in [0.717, 1.165) is 4.90 Å². The lowest BCUT2D eigenvalue weighted by molar-refractivity contribution is -0.133. The maximum Gasteiger partial charge on any atom is 0.313 e. The molecular weight excluding hydrogens is 281 g/mol. The highest BCUT2D eigenvalue weighted by Gasteiger charge is 2.05. The number of nitrogens with two attached hydrogens (primary N) is 1. The molecule has 104 valence electrons. The molecule has 2 rings (SSSR count). The Morgan fingerprint density at radius 2 is 1.95 bits per heavy atom. The molecule has 4 nitrogen and oxygen atoms in total. The third-order valence-electron chi connectivity index (χ3n) is 2.37. The quantitative estimate of drug-likeness (QED) is 0.653. The molecule has 0 aliphatic rings. The molecule has 0 unspecified atom stereocenters. The fraction of sp³-hybridized carbons (Fsp3) is 0.0714. The summed E-state index contributed by atoms with van der Waals surface area (Å²) in [5.41, 5.74) is 5.78. The summed E-state index contributed by atoms with van der Waals surface area (Å²) in [5, 5.41) is 8.58. The van der Waals surface area contributed by atoms with Gasteiger partial charge in [-0.05, 0) is 36.4 Å². The van der Waals surface area contributed by atoms with Crippen molar-refractivity contribution in [3.8, 4) is 11.5 Å². The van der Waals surface area contributed by atoms with Crippen LogP contribution in [0.15, 0.2) is 47.4 Å². The van der Waals surface area contributed by atoms with Gasteiger partial charge in [0.2, 0.25) is 0 Å². The number of aliphatic carboxylic acids is 1. The Balaban J connectivity index is 2.05. The number of anilines is 1. The highest BCUT2D eigenvalue weighted by molar-refractivity contribution is 8.00.